The molecule has 3 aromatic rings. The van der Waals surface area contributed by atoms with Gasteiger partial charge in [-0.1, -0.05) is 16.8 Å². The molecule has 1 heterocycles. The number of benzene rings is 2. The van der Waals surface area contributed by atoms with Crippen LogP contribution in [0.4, 0.5) is 10.2 Å². The fourth-order valence-electron chi connectivity index (χ4n) is 2.43. The number of rotatable bonds is 7. The molecule has 142 valence electrons. The Morgan fingerprint density at radius 2 is 1.96 bits per heavy atom. The molecule has 3 rings (SSSR count). The van der Waals surface area contributed by atoms with E-state index in [0.29, 0.717) is 29.6 Å². The van der Waals surface area contributed by atoms with E-state index in [1.54, 1.807) is 26.4 Å². The highest BCUT2D eigenvalue weighted by Crippen LogP contribution is 2.34. The molecule has 0 atom stereocenters. The summed E-state index contributed by atoms with van der Waals surface area (Å²) in [7, 11) is 3.21. The lowest BCUT2D eigenvalue weighted by atomic mass is 10.2. The van der Waals surface area contributed by atoms with Gasteiger partial charge < -0.3 is 14.0 Å². The summed E-state index contributed by atoms with van der Waals surface area (Å²) < 4.78 is 31.3. The predicted octanol–water partition coefficient (Wildman–Crippen LogP) is 5.51. The van der Waals surface area contributed by atoms with Gasteiger partial charge in [0.15, 0.2) is 5.82 Å². The van der Waals surface area contributed by atoms with Gasteiger partial charge in [-0.3, -0.25) is 4.31 Å². The summed E-state index contributed by atoms with van der Waals surface area (Å²) in [4.78, 5) is 0.773. The summed E-state index contributed by atoms with van der Waals surface area (Å²) in [6.45, 7) is 2.29. The van der Waals surface area contributed by atoms with E-state index in [4.69, 9.17) is 25.6 Å². The lowest BCUT2D eigenvalue weighted by Crippen LogP contribution is -2.15. The van der Waals surface area contributed by atoms with E-state index < -0.39 is 5.82 Å². The van der Waals surface area contributed by atoms with Crippen molar-refractivity contribution in [2.45, 2.75) is 18.4 Å². The topological polar surface area (TPSA) is 47.7 Å². The Kier molecular flexibility index (Phi) is 6.13. The Hall–Kier alpha value is -2.38. The molecule has 2 aromatic carbocycles. The second-order valence-electron chi connectivity index (χ2n) is 5.68. The highest BCUT2D eigenvalue weighted by Gasteiger charge is 2.17. The van der Waals surface area contributed by atoms with Crippen LogP contribution in [0.15, 0.2) is 51.9 Å². The Morgan fingerprint density at radius 3 is 2.59 bits per heavy atom. The highest BCUT2D eigenvalue weighted by atomic mass is 35.5. The molecule has 0 fully saturated rings. The molecular formula is C19H18ClFN2O3S. The lowest BCUT2D eigenvalue weighted by molar-refractivity contribution is 0.390. The monoisotopic (exact) mass is 408 g/mol. The van der Waals surface area contributed by atoms with Gasteiger partial charge in [0.2, 0.25) is 0 Å². The van der Waals surface area contributed by atoms with Crippen LogP contribution in [0.25, 0.3) is 0 Å². The first kappa shape index (κ1) is 19.4. The Morgan fingerprint density at radius 1 is 1.15 bits per heavy atom. The van der Waals surface area contributed by atoms with Gasteiger partial charge in [-0.25, -0.2) is 4.39 Å². The number of halogens is 2. The molecule has 0 aliphatic heterocycles. The van der Waals surface area contributed by atoms with Gasteiger partial charge in [0.05, 0.1) is 25.8 Å². The number of aromatic nitrogens is 1. The van der Waals surface area contributed by atoms with Crippen molar-refractivity contribution in [3.8, 4) is 11.5 Å². The fraction of sp³-hybridized carbons (Fsp3) is 0.211. The number of hydrogen-bond donors (Lipinski definition) is 0. The first-order valence-electron chi connectivity index (χ1n) is 8.05. The SMILES string of the molecule is COc1ccc(CN(Sc2ccc(F)c(Cl)c2)c2cc(C)on2)c(OC)c1. The van der Waals surface area contributed by atoms with Crippen molar-refractivity contribution in [2.24, 2.45) is 0 Å². The highest BCUT2D eigenvalue weighted by molar-refractivity contribution is 8.00. The van der Waals surface area contributed by atoms with Crippen molar-refractivity contribution in [1.82, 2.24) is 5.16 Å². The molecule has 0 unspecified atom stereocenters. The van der Waals surface area contributed by atoms with Crippen LogP contribution in [0.2, 0.25) is 5.02 Å². The van der Waals surface area contributed by atoms with Gasteiger partial charge in [0, 0.05) is 22.6 Å². The molecule has 0 saturated heterocycles. The number of hydrogen-bond acceptors (Lipinski definition) is 6. The molecule has 0 radical (unpaired) electrons. The van der Waals surface area contributed by atoms with Crippen molar-refractivity contribution in [2.75, 3.05) is 18.5 Å². The van der Waals surface area contributed by atoms with Crippen molar-refractivity contribution >= 4 is 29.4 Å². The third-order valence-electron chi connectivity index (χ3n) is 3.79. The smallest absolute Gasteiger partial charge is 0.182 e. The standard InChI is InChI=1S/C19H18ClFN2O3S/c1-12-8-19(22-26-12)23(27-15-6-7-17(21)16(20)10-15)11-13-4-5-14(24-2)9-18(13)25-3/h4-10H,11H2,1-3H3. The zero-order valence-electron chi connectivity index (χ0n) is 15.0. The molecule has 0 aliphatic carbocycles. The Bertz CT molecular complexity index is 935. The fourth-order valence-corrected chi connectivity index (χ4v) is 3.61. The predicted molar refractivity (Wildman–Crippen MR) is 104 cm³/mol. The van der Waals surface area contributed by atoms with E-state index >= 15 is 0 Å². The summed E-state index contributed by atoms with van der Waals surface area (Å²) in [5.41, 5.74) is 0.930. The number of anilines is 1. The van der Waals surface area contributed by atoms with Crippen LogP contribution >= 0.6 is 23.5 Å². The van der Waals surface area contributed by atoms with Gasteiger partial charge in [-0.2, -0.15) is 0 Å². The zero-order chi connectivity index (χ0) is 19.4. The van der Waals surface area contributed by atoms with Crippen molar-refractivity contribution in [3.63, 3.8) is 0 Å². The first-order valence-corrected chi connectivity index (χ1v) is 9.20. The van der Waals surface area contributed by atoms with Gasteiger partial charge in [0.25, 0.3) is 0 Å². The van der Waals surface area contributed by atoms with Crippen molar-refractivity contribution in [1.29, 1.82) is 0 Å². The second kappa shape index (κ2) is 8.54. The molecule has 1 aromatic heterocycles. The molecule has 0 aliphatic rings. The van der Waals surface area contributed by atoms with Crippen molar-refractivity contribution < 1.29 is 18.4 Å². The molecule has 27 heavy (non-hydrogen) atoms. The third-order valence-corrected chi connectivity index (χ3v) is 5.08. The average molecular weight is 409 g/mol. The molecule has 0 bridgehead atoms. The summed E-state index contributed by atoms with van der Waals surface area (Å²) in [6, 6.07) is 12.0. The maximum absolute atomic E-state index is 13.5. The minimum Gasteiger partial charge on any atom is -0.497 e. The average Bonchev–Trinajstić information content (AvgIpc) is 3.10. The molecule has 0 spiro atoms. The summed E-state index contributed by atoms with van der Waals surface area (Å²) in [6.07, 6.45) is 0. The van der Waals surface area contributed by atoms with Gasteiger partial charge >= 0.3 is 0 Å². The van der Waals surface area contributed by atoms with Crippen molar-refractivity contribution in [3.05, 3.63) is 64.6 Å². The van der Waals surface area contributed by atoms with Crippen LogP contribution in [0.5, 0.6) is 11.5 Å². The van der Waals surface area contributed by atoms with Gasteiger partial charge in [0.1, 0.15) is 23.1 Å². The maximum Gasteiger partial charge on any atom is 0.182 e. The molecule has 0 saturated carbocycles. The molecular weight excluding hydrogens is 391 g/mol. The minimum absolute atomic E-state index is 0.0679. The molecule has 5 nitrogen and oxygen atoms in total. The normalized spacial score (nSPS) is 10.7. The van der Waals surface area contributed by atoms with Gasteiger partial charge in [-0.05, 0) is 49.2 Å². The molecule has 8 heteroatoms. The maximum atomic E-state index is 13.5. The van der Waals surface area contributed by atoms with Crippen LogP contribution in [-0.4, -0.2) is 19.4 Å². The minimum atomic E-state index is -0.457. The van der Waals surface area contributed by atoms with E-state index in [0.717, 1.165) is 10.5 Å². The zero-order valence-corrected chi connectivity index (χ0v) is 16.6. The van der Waals surface area contributed by atoms with E-state index in [2.05, 4.69) is 5.16 Å². The quantitative estimate of drug-likeness (QED) is 0.480. The summed E-state index contributed by atoms with van der Waals surface area (Å²) >= 11 is 7.29. The van der Waals surface area contributed by atoms with E-state index in [1.807, 2.05) is 35.5 Å². The molecule has 0 amide bonds. The number of methoxy groups -OCH3 is 2. The van der Waals surface area contributed by atoms with Crippen LogP contribution in [0, 0.1) is 12.7 Å². The first-order chi connectivity index (χ1) is 13.0. The third kappa shape index (κ3) is 4.67. The van der Waals surface area contributed by atoms with E-state index in [9.17, 15) is 4.39 Å². The van der Waals surface area contributed by atoms with Crippen LogP contribution in [-0.2, 0) is 6.54 Å². The number of ether oxygens (including phenoxy) is 2. The van der Waals surface area contributed by atoms with Gasteiger partial charge in [-0.15, -0.1) is 0 Å². The van der Waals surface area contributed by atoms with Crippen LogP contribution in [0.1, 0.15) is 11.3 Å². The number of aryl methyl sites for hydroxylation is 1. The lowest BCUT2D eigenvalue weighted by Gasteiger charge is -2.22. The van der Waals surface area contributed by atoms with Crippen LogP contribution in [0.3, 0.4) is 0 Å². The molecule has 0 N–H and O–H groups in total. The summed E-state index contributed by atoms with van der Waals surface area (Å²) in [5.74, 6) is 2.27. The second-order valence-corrected chi connectivity index (χ2v) is 7.18. The largest absolute Gasteiger partial charge is 0.497 e. The Labute approximate surface area is 166 Å². The van der Waals surface area contributed by atoms with Crippen LogP contribution < -0.4 is 13.8 Å². The van der Waals surface area contributed by atoms with E-state index in [1.165, 1.54) is 18.0 Å². The Balaban J connectivity index is 1.92. The summed E-state index contributed by atoms with van der Waals surface area (Å²) in [5, 5.41) is 4.16. The van der Waals surface area contributed by atoms with E-state index in [-0.39, 0.29) is 5.02 Å². The number of nitrogens with zero attached hydrogens (tertiary/aromatic N) is 2.